The maximum atomic E-state index is 5.88. The van der Waals surface area contributed by atoms with Crippen LogP contribution in [0.15, 0.2) is 59.0 Å². The van der Waals surface area contributed by atoms with Gasteiger partial charge in [0, 0.05) is 16.5 Å². The minimum Gasteiger partial charge on any atom is -0.493 e. The van der Waals surface area contributed by atoms with Gasteiger partial charge in [0.25, 0.3) is 0 Å². The Morgan fingerprint density at radius 1 is 1.11 bits per heavy atom. The van der Waals surface area contributed by atoms with Crippen LogP contribution in [0.5, 0.6) is 5.75 Å². The van der Waals surface area contributed by atoms with Gasteiger partial charge in [-0.1, -0.05) is 61.7 Å². The number of hydrogen-bond donors (Lipinski definition) is 1. The highest BCUT2D eigenvalue weighted by Crippen LogP contribution is 2.25. The van der Waals surface area contributed by atoms with Crippen LogP contribution < -0.4 is 10.2 Å². The highest BCUT2D eigenvalue weighted by atomic mass is 32.1. The Kier molecular flexibility index (Phi) is 6.99. The topological polar surface area (TPSA) is 46.5 Å². The lowest BCUT2D eigenvalue weighted by molar-refractivity contribution is 0.306. The molecule has 2 aromatic carbocycles. The van der Waals surface area contributed by atoms with Gasteiger partial charge in [0.05, 0.1) is 18.5 Å². The highest BCUT2D eigenvalue weighted by Gasteiger charge is 2.04. The lowest BCUT2D eigenvalue weighted by atomic mass is 10.1. The third kappa shape index (κ3) is 5.66. The van der Waals surface area contributed by atoms with Crippen molar-refractivity contribution in [2.45, 2.75) is 33.1 Å². The molecule has 0 atom stereocenters. The molecule has 1 heterocycles. The minimum atomic E-state index is 0.735. The van der Waals surface area contributed by atoms with Crippen LogP contribution in [0.1, 0.15) is 37.3 Å². The van der Waals surface area contributed by atoms with Crippen molar-refractivity contribution in [3.8, 4) is 17.0 Å². The van der Waals surface area contributed by atoms with Crippen molar-refractivity contribution >= 4 is 22.7 Å². The summed E-state index contributed by atoms with van der Waals surface area (Å²) in [6.07, 6.45) is 5.23. The van der Waals surface area contributed by atoms with Crippen LogP contribution in [0.4, 0.5) is 5.13 Å². The number of unbranched alkanes of at least 4 members (excludes halogenated alkanes) is 2. The molecule has 0 radical (unpaired) electrons. The second kappa shape index (κ2) is 9.88. The zero-order valence-electron chi connectivity index (χ0n) is 15.8. The zero-order valence-corrected chi connectivity index (χ0v) is 16.6. The first kappa shape index (κ1) is 19.1. The maximum Gasteiger partial charge on any atom is 0.203 e. The van der Waals surface area contributed by atoms with Gasteiger partial charge in [0.15, 0.2) is 0 Å². The summed E-state index contributed by atoms with van der Waals surface area (Å²) in [5, 5.41) is 7.13. The third-order valence-electron chi connectivity index (χ3n) is 4.14. The predicted molar refractivity (Wildman–Crippen MR) is 115 cm³/mol. The number of hydrogen-bond acceptors (Lipinski definition) is 5. The fourth-order valence-electron chi connectivity index (χ4n) is 2.59. The molecule has 0 unspecified atom stereocenters. The molecule has 1 N–H and O–H groups in total. The Morgan fingerprint density at radius 3 is 2.74 bits per heavy atom. The molecule has 140 valence electrons. The third-order valence-corrected chi connectivity index (χ3v) is 4.89. The summed E-state index contributed by atoms with van der Waals surface area (Å²) in [5.41, 5.74) is 7.28. The van der Waals surface area contributed by atoms with Gasteiger partial charge in [0.2, 0.25) is 5.13 Å². The Labute approximate surface area is 164 Å². The molecule has 0 fully saturated rings. The number of ether oxygens (including phenoxy) is 1. The molecule has 0 aliphatic heterocycles. The zero-order chi connectivity index (χ0) is 18.9. The van der Waals surface area contributed by atoms with Crippen LogP contribution in [-0.4, -0.2) is 17.8 Å². The number of hydrazone groups is 1. The molecule has 27 heavy (non-hydrogen) atoms. The number of nitrogens with zero attached hydrogens (tertiary/aromatic N) is 2. The van der Waals surface area contributed by atoms with Crippen molar-refractivity contribution in [1.29, 1.82) is 0 Å². The molecule has 3 aromatic rings. The molecule has 4 nitrogen and oxygen atoms in total. The van der Waals surface area contributed by atoms with Crippen LogP contribution >= 0.6 is 11.3 Å². The molecule has 0 saturated heterocycles. The highest BCUT2D eigenvalue weighted by molar-refractivity contribution is 7.14. The fourth-order valence-corrected chi connectivity index (χ4v) is 3.26. The van der Waals surface area contributed by atoms with E-state index in [1.807, 2.05) is 29.6 Å². The minimum absolute atomic E-state index is 0.735. The molecule has 0 amide bonds. The van der Waals surface area contributed by atoms with E-state index in [4.69, 9.17) is 4.74 Å². The second-order valence-corrected chi connectivity index (χ2v) is 7.23. The molecule has 0 saturated carbocycles. The lowest BCUT2D eigenvalue weighted by Crippen LogP contribution is -2.00. The molecule has 5 heteroatoms. The number of anilines is 1. The fraction of sp³-hybridized carbons (Fsp3) is 0.273. The quantitative estimate of drug-likeness (QED) is 0.276. The van der Waals surface area contributed by atoms with Gasteiger partial charge >= 0.3 is 0 Å². The van der Waals surface area contributed by atoms with Crippen LogP contribution in [0.3, 0.4) is 0 Å². The first-order valence-electron chi connectivity index (χ1n) is 9.29. The number of nitrogens with one attached hydrogen (secondary N) is 1. The number of aryl methyl sites for hydroxylation is 1. The largest absolute Gasteiger partial charge is 0.493 e. The van der Waals surface area contributed by atoms with E-state index in [9.17, 15) is 0 Å². The van der Waals surface area contributed by atoms with Gasteiger partial charge in [-0.15, -0.1) is 11.3 Å². The summed E-state index contributed by atoms with van der Waals surface area (Å²) in [5.74, 6) is 0.860. The first-order valence-corrected chi connectivity index (χ1v) is 10.2. The van der Waals surface area contributed by atoms with E-state index in [1.165, 1.54) is 18.4 Å². The average molecular weight is 380 g/mol. The van der Waals surface area contributed by atoms with E-state index < -0.39 is 0 Å². The number of thiazole rings is 1. The van der Waals surface area contributed by atoms with E-state index in [-0.39, 0.29) is 0 Å². The van der Waals surface area contributed by atoms with Crippen molar-refractivity contribution in [2.24, 2.45) is 5.10 Å². The van der Waals surface area contributed by atoms with Crippen LogP contribution in [-0.2, 0) is 0 Å². The molecular formula is C22H25N3OS. The summed E-state index contributed by atoms with van der Waals surface area (Å²) in [7, 11) is 0. The standard InChI is InChI=1S/C22H25N3OS/c1-3-4-7-14-26-21-9-6-5-8-19(21)15-23-25-22-24-20(16-27-22)18-12-10-17(2)11-13-18/h5-6,8-13,15-16H,3-4,7,14H2,1-2H3,(H,24,25)/b23-15+. The lowest BCUT2D eigenvalue weighted by Gasteiger charge is -2.08. The van der Waals surface area contributed by atoms with E-state index in [1.54, 1.807) is 17.6 Å². The summed E-state index contributed by atoms with van der Waals surface area (Å²) in [6.45, 7) is 5.01. The summed E-state index contributed by atoms with van der Waals surface area (Å²) >= 11 is 1.54. The summed E-state index contributed by atoms with van der Waals surface area (Å²) in [6, 6.07) is 16.3. The maximum absolute atomic E-state index is 5.88. The van der Waals surface area contributed by atoms with Crippen LogP contribution in [0.25, 0.3) is 11.3 Å². The van der Waals surface area contributed by atoms with Crippen molar-refractivity contribution in [3.05, 3.63) is 65.0 Å². The summed E-state index contributed by atoms with van der Waals surface area (Å²) in [4.78, 5) is 4.60. The van der Waals surface area contributed by atoms with E-state index in [2.05, 4.69) is 53.6 Å². The second-order valence-electron chi connectivity index (χ2n) is 6.37. The van der Waals surface area contributed by atoms with Gasteiger partial charge in [-0.05, 0) is 25.5 Å². The van der Waals surface area contributed by atoms with Gasteiger partial charge < -0.3 is 4.74 Å². The van der Waals surface area contributed by atoms with Crippen LogP contribution in [0.2, 0.25) is 0 Å². The van der Waals surface area contributed by atoms with Gasteiger partial charge in [-0.3, -0.25) is 5.43 Å². The Balaban J connectivity index is 1.60. The van der Waals surface area contributed by atoms with E-state index >= 15 is 0 Å². The number of rotatable bonds is 9. The van der Waals surface area contributed by atoms with Crippen molar-refractivity contribution < 1.29 is 4.74 Å². The Morgan fingerprint density at radius 2 is 1.93 bits per heavy atom. The molecular weight excluding hydrogens is 354 g/mol. The summed E-state index contributed by atoms with van der Waals surface area (Å²) < 4.78 is 5.88. The molecule has 0 spiro atoms. The average Bonchev–Trinajstić information content (AvgIpc) is 3.16. The smallest absolute Gasteiger partial charge is 0.203 e. The molecule has 3 rings (SSSR count). The number of para-hydroxylation sites is 1. The van der Waals surface area contributed by atoms with Crippen molar-refractivity contribution in [3.63, 3.8) is 0 Å². The van der Waals surface area contributed by atoms with Gasteiger partial charge in [-0.25, -0.2) is 4.98 Å². The normalized spacial score (nSPS) is 11.0. The Hall–Kier alpha value is -2.66. The first-order chi connectivity index (χ1) is 13.3. The molecule has 1 aromatic heterocycles. The number of benzene rings is 2. The predicted octanol–water partition coefficient (Wildman–Crippen LogP) is 6.13. The van der Waals surface area contributed by atoms with E-state index in [0.29, 0.717) is 0 Å². The van der Waals surface area contributed by atoms with Gasteiger partial charge in [-0.2, -0.15) is 5.10 Å². The molecule has 0 bridgehead atoms. The molecule has 0 aliphatic rings. The Bertz CT molecular complexity index is 871. The van der Waals surface area contributed by atoms with Crippen LogP contribution in [0, 0.1) is 6.92 Å². The van der Waals surface area contributed by atoms with Crippen molar-refractivity contribution in [1.82, 2.24) is 4.98 Å². The number of aromatic nitrogens is 1. The van der Waals surface area contributed by atoms with E-state index in [0.717, 1.165) is 40.7 Å². The van der Waals surface area contributed by atoms with Gasteiger partial charge in [0.1, 0.15) is 5.75 Å². The van der Waals surface area contributed by atoms with Crippen molar-refractivity contribution in [2.75, 3.05) is 12.0 Å². The molecule has 0 aliphatic carbocycles. The monoisotopic (exact) mass is 379 g/mol. The SMILES string of the molecule is CCCCCOc1ccccc1/C=N/Nc1nc(-c2ccc(C)cc2)cs1.